The van der Waals surface area contributed by atoms with E-state index in [1.807, 2.05) is 25.3 Å². The summed E-state index contributed by atoms with van der Waals surface area (Å²) >= 11 is 12.0. The van der Waals surface area contributed by atoms with Crippen molar-refractivity contribution in [2.45, 2.75) is 26.8 Å². The van der Waals surface area contributed by atoms with Crippen molar-refractivity contribution in [3.05, 3.63) is 56.8 Å². The van der Waals surface area contributed by atoms with Crippen molar-refractivity contribution in [2.24, 2.45) is 0 Å². The number of ketones is 1. The van der Waals surface area contributed by atoms with Gasteiger partial charge in [0.2, 0.25) is 5.78 Å². The summed E-state index contributed by atoms with van der Waals surface area (Å²) in [5.41, 5.74) is 2.33. The van der Waals surface area contributed by atoms with E-state index in [0.29, 0.717) is 12.2 Å². The van der Waals surface area contributed by atoms with Crippen LogP contribution in [-0.2, 0) is 9.47 Å². The Morgan fingerprint density at radius 1 is 1.19 bits per heavy atom. The third kappa shape index (κ3) is 4.29. The Kier molecular flexibility index (Phi) is 6.87. The van der Waals surface area contributed by atoms with Crippen molar-refractivity contribution in [3.8, 4) is 0 Å². The number of ether oxygens (including phenoxy) is 2. The summed E-state index contributed by atoms with van der Waals surface area (Å²) in [7, 11) is 1.63. The van der Waals surface area contributed by atoms with Crippen LogP contribution in [0.3, 0.4) is 0 Å². The van der Waals surface area contributed by atoms with Crippen LogP contribution in [0.4, 0.5) is 0 Å². The number of rotatable bonds is 7. The summed E-state index contributed by atoms with van der Waals surface area (Å²) in [6.07, 6.45) is 0. The highest BCUT2D eigenvalue weighted by Gasteiger charge is 2.21. The number of esters is 1. The zero-order valence-corrected chi connectivity index (χ0v) is 16.6. The molecular weight excluding hydrogens is 377 g/mol. The van der Waals surface area contributed by atoms with Crippen molar-refractivity contribution in [2.75, 3.05) is 20.3 Å². The number of benzene rings is 1. The molecule has 0 spiro atoms. The topological polar surface area (TPSA) is 57.5 Å². The first-order chi connectivity index (χ1) is 12.3. The van der Waals surface area contributed by atoms with Gasteiger partial charge in [0.05, 0.1) is 28.3 Å². The normalized spacial score (nSPS) is 12.1. The summed E-state index contributed by atoms with van der Waals surface area (Å²) in [6, 6.07) is 6.59. The molecule has 140 valence electrons. The fourth-order valence-corrected chi connectivity index (χ4v) is 3.58. The number of nitrogens with zero attached hydrogens (tertiary/aromatic N) is 1. The number of methoxy groups -OCH3 is 1. The van der Waals surface area contributed by atoms with Gasteiger partial charge >= 0.3 is 5.97 Å². The molecule has 1 aromatic carbocycles. The Morgan fingerprint density at radius 2 is 1.81 bits per heavy atom. The second-order valence-electron chi connectivity index (χ2n) is 6.06. The number of aryl methyl sites for hydroxylation is 1. The van der Waals surface area contributed by atoms with Gasteiger partial charge in [-0.15, -0.1) is 0 Å². The summed E-state index contributed by atoms with van der Waals surface area (Å²) in [6.45, 7) is 5.94. The van der Waals surface area contributed by atoms with Crippen molar-refractivity contribution in [1.29, 1.82) is 0 Å². The average Bonchev–Trinajstić information content (AvgIpc) is 2.87. The Morgan fingerprint density at radius 3 is 2.38 bits per heavy atom. The average molecular weight is 398 g/mol. The van der Waals surface area contributed by atoms with Crippen LogP contribution in [0.2, 0.25) is 10.0 Å². The molecule has 0 aliphatic heterocycles. The molecule has 1 atom stereocenters. The summed E-state index contributed by atoms with van der Waals surface area (Å²) in [5.74, 6) is -1.01. The smallest absolute Gasteiger partial charge is 0.341 e. The van der Waals surface area contributed by atoms with Crippen LogP contribution in [-0.4, -0.2) is 36.6 Å². The quantitative estimate of drug-likeness (QED) is 0.503. The molecule has 2 rings (SSSR count). The molecule has 0 aliphatic carbocycles. The van der Waals surface area contributed by atoms with E-state index in [4.69, 9.17) is 32.7 Å². The van der Waals surface area contributed by atoms with Gasteiger partial charge < -0.3 is 14.0 Å². The summed E-state index contributed by atoms with van der Waals surface area (Å²) in [5, 5.41) is 0.364. The number of halogens is 2. The molecule has 0 saturated heterocycles. The molecule has 0 amide bonds. The molecule has 1 heterocycles. The predicted octanol–water partition coefficient (Wildman–Crippen LogP) is 4.66. The number of hydrogen-bond acceptors (Lipinski definition) is 4. The fourth-order valence-electron chi connectivity index (χ4n) is 3.03. The summed E-state index contributed by atoms with van der Waals surface area (Å²) in [4.78, 5) is 24.7. The van der Waals surface area contributed by atoms with Gasteiger partial charge in [-0.05, 0) is 39.0 Å². The summed E-state index contributed by atoms with van der Waals surface area (Å²) < 4.78 is 12.3. The lowest BCUT2D eigenvalue weighted by molar-refractivity contribution is 0.0475. The van der Waals surface area contributed by atoms with E-state index in [9.17, 15) is 9.59 Å². The minimum Gasteiger partial charge on any atom is -0.454 e. The molecule has 0 unspecified atom stereocenters. The maximum absolute atomic E-state index is 12.5. The van der Waals surface area contributed by atoms with Crippen LogP contribution in [0.5, 0.6) is 0 Å². The lowest BCUT2D eigenvalue weighted by Crippen LogP contribution is -2.17. The van der Waals surface area contributed by atoms with E-state index in [2.05, 4.69) is 0 Å². The van der Waals surface area contributed by atoms with Crippen molar-refractivity contribution >= 4 is 35.0 Å². The second-order valence-corrected chi connectivity index (χ2v) is 6.87. The Balaban J connectivity index is 2.14. The van der Waals surface area contributed by atoms with E-state index < -0.39 is 5.97 Å². The molecule has 2 aromatic rings. The van der Waals surface area contributed by atoms with Gasteiger partial charge in [-0.1, -0.05) is 29.3 Å². The van der Waals surface area contributed by atoms with Crippen LogP contribution in [0.15, 0.2) is 24.3 Å². The van der Waals surface area contributed by atoms with Gasteiger partial charge in [0.15, 0.2) is 6.61 Å². The number of aromatic nitrogens is 1. The standard InChI is InChI=1S/C19H21Cl2NO4/c1-11-8-14(13(3)22(11)12(2)9-25-4)17(23)10-26-19(24)18-15(20)6-5-7-16(18)21/h5-8,12H,9-10H2,1-4H3/t12-/m0/s1. The van der Waals surface area contributed by atoms with Gasteiger partial charge in [0, 0.05) is 24.1 Å². The van der Waals surface area contributed by atoms with Crippen LogP contribution >= 0.6 is 23.2 Å². The van der Waals surface area contributed by atoms with E-state index in [0.717, 1.165) is 11.4 Å². The molecular formula is C19H21Cl2NO4. The molecule has 5 nitrogen and oxygen atoms in total. The molecule has 1 aromatic heterocycles. The van der Waals surface area contributed by atoms with E-state index >= 15 is 0 Å². The molecule has 0 fully saturated rings. The molecule has 0 aliphatic rings. The first-order valence-electron chi connectivity index (χ1n) is 8.09. The molecule has 7 heteroatoms. The zero-order valence-electron chi connectivity index (χ0n) is 15.1. The number of carbonyl (C=O) groups excluding carboxylic acids is 2. The lowest BCUT2D eigenvalue weighted by Gasteiger charge is -2.17. The minimum atomic E-state index is -0.726. The Bertz CT molecular complexity index is 809. The van der Waals surface area contributed by atoms with Gasteiger partial charge in [0.25, 0.3) is 0 Å². The molecule has 0 N–H and O–H groups in total. The Labute approximate surface area is 162 Å². The van der Waals surface area contributed by atoms with Crippen molar-refractivity contribution in [3.63, 3.8) is 0 Å². The van der Waals surface area contributed by atoms with Crippen molar-refractivity contribution < 1.29 is 19.1 Å². The van der Waals surface area contributed by atoms with E-state index in [1.54, 1.807) is 19.2 Å². The fraction of sp³-hybridized carbons (Fsp3) is 0.368. The van der Waals surface area contributed by atoms with Crippen LogP contribution in [0.25, 0.3) is 0 Å². The van der Waals surface area contributed by atoms with Crippen LogP contribution < -0.4 is 0 Å². The highest BCUT2D eigenvalue weighted by Crippen LogP contribution is 2.25. The molecule has 0 bridgehead atoms. The number of hydrogen-bond donors (Lipinski definition) is 0. The van der Waals surface area contributed by atoms with Crippen LogP contribution in [0.1, 0.15) is 45.1 Å². The van der Waals surface area contributed by atoms with Gasteiger partial charge in [0.1, 0.15) is 0 Å². The maximum atomic E-state index is 12.5. The van der Waals surface area contributed by atoms with E-state index in [1.165, 1.54) is 12.1 Å². The molecule has 0 radical (unpaired) electrons. The van der Waals surface area contributed by atoms with Gasteiger partial charge in [-0.2, -0.15) is 0 Å². The predicted molar refractivity (Wildman–Crippen MR) is 102 cm³/mol. The monoisotopic (exact) mass is 397 g/mol. The molecule has 0 saturated carbocycles. The minimum absolute atomic E-state index is 0.0582. The van der Waals surface area contributed by atoms with Gasteiger partial charge in [-0.25, -0.2) is 4.79 Å². The lowest BCUT2D eigenvalue weighted by atomic mass is 10.1. The van der Waals surface area contributed by atoms with Gasteiger partial charge in [-0.3, -0.25) is 4.79 Å². The number of Topliss-reactive ketones (excluding diaryl/α,β-unsaturated/α-hetero) is 1. The SMILES string of the molecule is COC[C@H](C)n1c(C)cc(C(=O)COC(=O)c2c(Cl)cccc2Cl)c1C. The Hall–Kier alpha value is -1.82. The number of carbonyl (C=O) groups is 2. The second kappa shape index (κ2) is 8.71. The third-order valence-corrected chi connectivity index (χ3v) is 4.76. The van der Waals surface area contributed by atoms with Crippen LogP contribution in [0, 0.1) is 13.8 Å². The highest BCUT2D eigenvalue weighted by molar-refractivity contribution is 6.39. The molecule has 26 heavy (non-hydrogen) atoms. The largest absolute Gasteiger partial charge is 0.454 e. The van der Waals surface area contributed by atoms with Crippen molar-refractivity contribution in [1.82, 2.24) is 4.57 Å². The first kappa shape index (κ1) is 20.5. The highest BCUT2D eigenvalue weighted by atomic mass is 35.5. The maximum Gasteiger partial charge on any atom is 0.341 e. The third-order valence-electron chi connectivity index (χ3n) is 4.13. The van der Waals surface area contributed by atoms with E-state index in [-0.39, 0.29) is 34.0 Å². The first-order valence-corrected chi connectivity index (χ1v) is 8.85. The zero-order chi connectivity index (χ0) is 19.4.